The molecule has 0 heterocycles. The lowest BCUT2D eigenvalue weighted by molar-refractivity contribution is -0.384. The Balaban J connectivity index is 1.67. The van der Waals surface area contributed by atoms with Crippen molar-refractivity contribution < 1.29 is 10.0 Å². The molecule has 0 aliphatic heterocycles. The molecule has 0 fully saturated rings. The van der Waals surface area contributed by atoms with E-state index in [2.05, 4.69) is 11.4 Å². The molecule has 0 aromatic heterocycles. The summed E-state index contributed by atoms with van der Waals surface area (Å²) in [5, 5.41) is 25.0. The largest absolute Gasteiger partial charge is 0.384 e. The minimum atomic E-state index is -0.842. The Labute approximate surface area is 135 Å². The number of hydrogen-bond donors (Lipinski definition) is 2. The molecule has 2 aromatic rings. The molecule has 2 N–H and O–H groups in total. The van der Waals surface area contributed by atoms with E-state index in [-0.39, 0.29) is 11.7 Å². The Morgan fingerprint density at radius 1 is 1.26 bits per heavy atom. The average molecular weight is 312 g/mol. The second-order valence-corrected chi connectivity index (χ2v) is 6.14. The number of benzene rings is 2. The predicted octanol–water partition coefficient (Wildman–Crippen LogP) is 3.08. The maximum absolute atomic E-state index is 10.9. The third-order valence-corrected chi connectivity index (χ3v) is 4.63. The first-order valence-corrected chi connectivity index (χ1v) is 7.78. The van der Waals surface area contributed by atoms with E-state index in [1.165, 1.54) is 17.7 Å². The predicted molar refractivity (Wildman–Crippen MR) is 88.2 cm³/mol. The van der Waals surface area contributed by atoms with Crippen LogP contribution >= 0.6 is 0 Å². The van der Waals surface area contributed by atoms with Crippen LogP contribution < -0.4 is 5.32 Å². The third kappa shape index (κ3) is 3.11. The standard InChI is InChI=1S/C18H20N2O3/c1-13(14-6-8-16(9-7-14)20(22)23)19-12-18(21)11-10-15-4-2-3-5-17(15)18/h2-9,13,19,21H,10-12H2,1H3. The Hall–Kier alpha value is -2.24. The molecule has 0 bridgehead atoms. The highest BCUT2D eigenvalue weighted by Gasteiger charge is 2.36. The average Bonchev–Trinajstić information content (AvgIpc) is 2.91. The van der Waals surface area contributed by atoms with E-state index < -0.39 is 10.5 Å². The molecule has 120 valence electrons. The lowest BCUT2D eigenvalue weighted by atomic mass is 9.95. The van der Waals surface area contributed by atoms with Crippen LogP contribution in [0.4, 0.5) is 5.69 Å². The molecule has 0 spiro atoms. The lowest BCUT2D eigenvalue weighted by Crippen LogP contribution is -2.37. The highest BCUT2D eigenvalue weighted by molar-refractivity contribution is 5.38. The van der Waals surface area contributed by atoms with Crippen molar-refractivity contribution >= 4 is 5.69 Å². The zero-order valence-corrected chi connectivity index (χ0v) is 13.0. The molecule has 2 unspecified atom stereocenters. The van der Waals surface area contributed by atoms with Crippen molar-refractivity contribution in [1.82, 2.24) is 5.32 Å². The molecule has 1 aliphatic carbocycles. The maximum Gasteiger partial charge on any atom is 0.269 e. The minimum absolute atomic E-state index is 0.00703. The minimum Gasteiger partial charge on any atom is -0.384 e. The number of nitro benzene ring substituents is 1. The Bertz CT molecular complexity index is 714. The number of nitrogens with one attached hydrogen (secondary N) is 1. The van der Waals surface area contributed by atoms with Gasteiger partial charge in [-0.05, 0) is 36.5 Å². The molecular formula is C18H20N2O3. The van der Waals surface area contributed by atoms with Crippen molar-refractivity contribution in [3.8, 4) is 0 Å². The molecular weight excluding hydrogens is 292 g/mol. The van der Waals surface area contributed by atoms with Gasteiger partial charge >= 0.3 is 0 Å². The number of non-ortho nitro benzene ring substituents is 1. The third-order valence-electron chi connectivity index (χ3n) is 4.63. The van der Waals surface area contributed by atoms with E-state index in [4.69, 9.17) is 0 Å². The van der Waals surface area contributed by atoms with Gasteiger partial charge in [0.1, 0.15) is 5.60 Å². The molecule has 23 heavy (non-hydrogen) atoms. The number of rotatable bonds is 5. The second-order valence-electron chi connectivity index (χ2n) is 6.14. The number of aryl methyl sites for hydroxylation is 1. The number of nitrogens with zero attached hydrogens (tertiary/aromatic N) is 1. The molecule has 0 saturated heterocycles. The number of hydrogen-bond acceptors (Lipinski definition) is 4. The normalized spacial score (nSPS) is 21.0. The van der Waals surface area contributed by atoms with E-state index in [9.17, 15) is 15.2 Å². The van der Waals surface area contributed by atoms with Crippen molar-refractivity contribution in [3.05, 3.63) is 75.3 Å². The molecule has 0 amide bonds. The molecule has 5 nitrogen and oxygen atoms in total. The molecule has 2 aromatic carbocycles. The first-order valence-electron chi connectivity index (χ1n) is 7.78. The van der Waals surface area contributed by atoms with E-state index in [1.54, 1.807) is 12.1 Å². The SMILES string of the molecule is CC(NCC1(O)CCc2ccccc21)c1ccc([N+](=O)[O-])cc1. The molecule has 0 saturated carbocycles. The molecule has 0 radical (unpaired) electrons. The van der Waals surface area contributed by atoms with Gasteiger partial charge < -0.3 is 10.4 Å². The summed E-state index contributed by atoms with van der Waals surface area (Å²) in [6, 6.07) is 14.5. The van der Waals surface area contributed by atoms with Crippen molar-refractivity contribution in [2.45, 2.75) is 31.4 Å². The van der Waals surface area contributed by atoms with Gasteiger partial charge in [0.15, 0.2) is 0 Å². The van der Waals surface area contributed by atoms with Crippen molar-refractivity contribution in [2.75, 3.05) is 6.54 Å². The van der Waals surface area contributed by atoms with Gasteiger partial charge in [-0.25, -0.2) is 0 Å². The smallest absolute Gasteiger partial charge is 0.269 e. The van der Waals surface area contributed by atoms with E-state index in [0.717, 1.165) is 17.5 Å². The number of fused-ring (bicyclic) bond motifs is 1. The summed E-state index contributed by atoms with van der Waals surface area (Å²) in [6.45, 7) is 2.45. The zero-order chi connectivity index (χ0) is 16.4. The molecule has 2 atom stereocenters. The Morgan fingerprint density at radius 2 is 1.96 bits per heavy atom. The summed E-state index contributed by atoms with van der Waals surface area (Å²) in [6.07, 6.45) is 1.60. The summed E-state index contributed by atoms with van der Waals surface area (Å²) in [5.41, 5.74) is 2.42. The quantitative estimate of drug-likeness (QED) is 0.657. The van der Waals surface area contributed by atoms with E-state index in [0.29, 0.717) is 13.0 Å². The highest BCUT2D eigenvalue weighted by atomic mass is 16.6. The summed E-state index contributed by atoms with van der Waals surface area (Å²) >= 11 is 0. The van der Waals surface area contributed by atoms with Crippen molar-refractivity contribution in [2.24, 2.45) is 0 Å². The van der Waals surface area contributed by atoms with Gasteiger partial charge in [-0.2, -0.15) is 0 Å². The van der Waals surface area contributed by atoms with Crippen LogP contribution in [0.3, 0.4) is 0 Å². The van der Waals surface area contributed by atoms with Crippen LogP contribution in [0.15, 0.2) is 48.5 Å². The van der Waals surface area contributed by atoms with Crippen LogP contribution in [-0.4, -0.2) is 16.6 Å². The summed E-state index contributed by atoms with van der Waals surface area (Å²) in [4.78, 5) is 10.3. The van der Waals surface area contributed by atoms with Gasteiger partial charge in [-0.3, -0.25) is 10.1 Å². The van der Waals surface area contributed by atoms with Crippen LogP contribution in [0.5, 0.6) is 0 Å². The van der Waals surface area contributed by atoms with E-state index in [1.807, 2.05) is 25.1 Å². The van der Waals surface area contributed by atoms with Crippen LogP contribution in [-0.2, 0) is 12.0 Å². The first kappa shape index (κ1) is 15.6. The Kier molecular flexibility index (Phi) is 4.15. The molecule has 3 rings (SSSR count). The van der Waals surface area contributed by atoms with Gasteiger partial charge in [0.2, 0.25) is 0 Å². The van der Waals surface area contributed by atoms with Crippen LogP contribution in [0.1, 0.15) is 36.1 Å². The maximum atomic E-state index is 10.9. The summed E-state index contributed by atoms with van der Waals surface area (Å²) in [5.74, 6) is 0. The van der Waals surface area contributed by atoms with Gasteiger partial charge in [-0.15, -0.1) is 0 Å². The second kappa shape index (κ2) is 6.10. The van der Waals surface area contributed by atoms with Crippen LogP contribution in [0, 0.1) is 10.1 Å². The zero-order valence-electron chi connectivity index (χ0n) is 13.0. The summed E-state index contributed by atoms with van der Waals surface area (Å²) in [7, 11) is 0. The van der Waals surface area contributed by atoms with E-state index >= 15 is 0 Å². The van der Waals surface area contributed by atoms with Gasteiger partial charge in [0.25, 0.3) is 5.69 Å². The first-order chi connectivity index (χ1) is 11.0. The van der Waals surface area contributed by atoms with Crippen molar-refractivity contribution in [1.29, 1.82) is 0 Å². The van der Waals surface area contributed by atoms with Gasteiger partial charge in [0, 0.05) is 24.7 Å². The highest BCUT2D eigenvalue weighted by Crippen LogP contribution is 2.36. The fraction of sp³-hybridized carbons (Fsp3) is 0.333. The molecule has 1 aliphatic rings. The molecule has 5 heteroatoms. The lowest BCUT2D eigenvalue weighted by Gasteiger charge is -2.27. The number of nitro groups is 1. The topological polar surface area (TPSA) is 75.4 Å². The fourth-order valence-corrected chi connectivity index (χ4v) is 3.18. The number of aliphatic hydroxyl groups is 1. The van der Waals surface area contributed by atoms with Crippen LogP contribution in [0.25, 0.3) is 0 Å². The Morgan fingerprint density at radius 3 is 2.65 bits per heavy atom. The van der Waals surface area contributed by atoms with Crippen molar-refractivity contribution in [3.63, 3.8) is 0 Å². The summed E-state index contributed by atoms with van der Waals surface area (Å²) < 4.78 is 0. The van der Waals surface area contributed by atoms with Gasteiger partial charge in [0.05, 0.1) is 4.92 Å². The van der Waals surface area contributed by atoms with Gasteiger partial charge in [-0.1, -0.05) is 36.4 Å². The monoisotopic (exact) mass is 312 g/mol. The van der Waals surface area contributed by atoms with Crippen LogP contribution in [0.2, 0.25) is 0 Å². The fourth-order valence-electron chi connectivity index (χ4n) is 3.18.